The largest absolute Gasteiger partial charge is 0.497 e. The molecule has 2 nitrogen and oxygen atoms in total. The molecule has 0 spiro atoms. The fourth-order valence-electron chi connectivity index (χ4n) is 2.39. The van der Waals surface area contributed by atoms with Crippen molar-refractivity contribution in [3.63, 3.8) is 0 Å². The fraction of sp³-hybridized carbons (Fsp3) is 0.158. The molecule has 0 saturated carbocycles. The summed E-state index contributed by atoms with van der Waals surface area (Å²) in [6.45, 7) is 0. The third kappa shape index (κ3) is 3.00. The maximum absolute atomic E-state index is 5.24. The molecule has 0 bridgehead atoms. The second kappa shape index (κ2) is 5.88. The second-order valence-corrected chi connectivity index (χ2v) is 4.96. The zero-order valence-electron chi connectivity index (χ0n) is 12.2. The highest BCUT2D eigenvalue weighted by Gasteiger charge is 2.01. The summed E-state index contributed by atoms with van der Waals surface area (Å²) >= 11 is 0. The molecule has 0 fully saturated rings. The first-order chi connectivity index (χ1) is 10.3. The van der Waals surface area contributed by atoms with E-state index in [1.165, 1.54) is 11.1 Å². The van der Waals surface area contributed by atoms with Crippen molar-refractivity contribution in [2.45, 2.75) is 6.42 Å². The Labute approximate surface area is 124 Å². The first kappa shape index (κ1) is 13.5. The van der Waals surface area contributed by atoms with Gasteiger partial charge in [-0.25, -0.2) is 0 Å². The number of hydrogen-bond acceptors (Lipinski definition) is 2. The summed E-state index contributed by atoms with van der Waals surface area (Å²) < 4.78 is 10.4. The number of fused-ring (bicyclic) bond motifs is 1. The van der Waals surface area contributed by atoms with Gasteiger partial charge in [0.25, 0.3) is 0 Å². The lowest BCUT2D eigenvalue weighted by atomic mass is 10.0. The Hall–Kier alpha value is -2.48. The number of benzene rings is 3. The van der Waals surface area contributed by atoms with Crippen molar-refractivity contribution < 1.29 is 9.47 Å². The van der Waals surface area contributed by atoms with Gasteiger partial charge in [0.1, 0.15) is 11.5 Å². The molecule has 0 aliphatic carbocycles. The van der Waals surface area contributed by atoms with Gasteiger partial charge in [-0.1, -0.05) is 30.3 Å². The van der Waals surface area contributed by atoms with Crippen LogP contribution in [0.25, 0.3) is 10.8 Å². The summed E-state index contributed by atoms with van der Waals surface area (Å²) in [4.78, 5) is 0. The summed E-state index contributed by atoms with van der Waals surface area (Å²) in [5.41, 5.74) is 2.43. The summed E-state index contributed by atoms with van der Waals surface area (Å²) in [6.07, 6.45) is 0.867. The van der Waals surface area contributed by atoms with E-state index in [1.54, 1.807) is 14.2 Å². The molecule has 3 aromatic rings. The molecule has 3 rings (SSSR count). The topological polar surface area (TPSA) is 18.5 Å². The highest BCUT2D eigenvalue weighted by molar-refractivity contribution is 5.84. The van der Waals surface area contributed by atoms with Gasteiger partial charge < -0.3 is 9.47 Å². The zero-order chi connectivity index (χ0) is 14.7. The van der Waals surface area contributed by atoms with Crippen molar-refractivity contribution in [3.05, 3.63) is 71.8 Å². The number of ether oxygens (including phenoxy) is 2. The Morgan fingerprint density at radius 2 is 1.52 bits per heavy atom. The summed E-state index contributed by atoms with van der Waals surface area (Å²) in [5.74, 6) is 1.76. The predicted octanol–water partition coefficient (Wildman–Crippen LogP) is 4.25. The molecule has 0 aliphatic heterocycles. The van der Waals surface area contributed by atoms with Crippen LogP contribution in [0.5, 0.6) is 11.5 Å². The van der Waals surface area contributed by atoms with Gasteiger partial charge in [-0.3, -0.25) is 0 Å². The highest BCUT2D eigenvalue weighted by atomic mass is 16.5. The van der Waals surface area contributed by atoms with Crippen molar-refractivity contribution >= 4 is 10.8 Å². The van der Waals surface area contributed by atoms with E-state index >= 15 is 0 Å². The van der Waals surface area contributed by atoms with Crippen LogP contribution in [0.1, 0.15) is 11.1 Å². The van der Waals surface area contributed by atoms with Crippen LogP contribution in [0.15, 0.2) is 54.6 Å². The SMILES string of the molecule is COc1ccc(Cc2[c]c3ccc(OC)cc3cc2)cc1. The van der Waals surface area contributed by atoms with Gasteiger partial charge in [0, 0.05) is 0 Å². The minimum Gasteiger partial charge on any atom is -0.497 e. The lowest BCUT2D eigenvalue weighted by molar-refractivity contribution is 0.414. The van der Waals surface area contributed by atoms with E-state index in [1.807, 2.05) is 30.3 Å². The summed E-state index contributed by atoms with van der Waals surface area (Å²) in [5, 5.41) is 2.26. The zero-order valence-corrected chi connectivity index (χ0v) is 12.2. The average Bonchev–Trinajstić information content (AvgIpc) is 2.55. The lowest BCUT2D eigenvalue weighted by Gasteiger charge is -2.06. The molecular weight excluding hydrogens is 260 g/mol. The van der Waals surface area contributed by atoms with Gasteiger partial charge in [0.15, 0.2) is 0 Å². The van der Waals surface area contributed by atoms with Crippen LogP contribution in [0.4, 0.5) is 0 Å². The van der Waals surface area contributed by atoms with Crippen molar-refractivity contribution in [3.8, 4) is 11.5 Å². The van der Waals surface area contributed by atoms with Crippen molar-refractivity contribution in [1.29, 1.82) is 0 Å². The second-order valence-electron chi connectivity index (χ2n) is 4.96. The van der Waals surface area contributed by atoms with Gasteiger partial charge in [0.05, 0.1) is 14.2 Å². The molecule has 1 radical (unpaired) electrons. The molecule has 0 aliphatic rings. The Balaban J connectivity index is 1.86. The minimum absolute atomic E-state index is 0.867. The van der Waals surface area contributed by atoms with Crippen molar-refractivity contribution in [1.82, 2.24) is 0 Å². The molecular formula is C19H17O2. The molecule has 0 atom stereocenters. The quantitative estimate of drug-likeness (QED) is 0.710. The van der Waals surface area contributed by atoms with E-state index in [0.717, 1.165) is 28.7 Å². The molecule has 0 amide bonds. The smallest absolute Gasteiger partial charge is 0.119 e. The molecule has 0 N–H and O–H groups in total. The standard InChI is InChI=1S/C19H17O2/c1-20-18-8-4-14(5-9-18)11-15-3-6-17-13-19(21-2)10-7-16(17)12-15/h3-10,13H,11H2,1-2H3. The van der Waals surface area contributed by atoms with Crippen LogP contribution in [-0.2, 0) is 6.42 Å². The Morgan fingerprint density at radius 3 is 2.24 bits per heavy atom. The molecule has 21 heavy (non-hydrogen) atoms. The first-order valence-corrected chi connectivity index (χ1v) is 6.90. The van der Waals surface area contributed by atoms with Gasteiger partial charge in [-0.15, -0.1) is 0 Å². The number of rotatable bonds is 4. The van der Waals surface area contributed by atoms with Crippen LogP contribution < -0.4 is 9.47 Å². The van der Waals surface area contributed by atoms with Gasteiger partial charge in [-0.2, -0.15) is 0 Å². The molecule has 0 saturated heterocycles. The number of hydrogen-bond donors (Lipinski definition) is 0. The van der Waals surface area contributed by atoms with Crippen LogP contribution in [0, 0.1) is 6.07 Å². The van der Waals surface area contributed by atoms with Crippen LogP contribution in [0.3, 0.4) is 0 Å². The van der Waals surface area contributed by atoms with E-state index in [4.69, 9.17) is 9.47 Å². The predicted molar refractivity (Wildman–Crippen MR) is 85.1 cm³/mol. The van der Waals surface area contributed by atoms with E-state index in [-0.39, 0.29) is 0 Å². The first-order valence-electron chi connectivity index (χ1n) is 6.90. The Bertz CT molecular complexity index is 745. The van der Waals surface area contributed by atoms with E-state index in [0.29, 0.717) is 0 Å². The summed E-state index contributed by atoms with van der Waals surface area (Å²) in [7, 11) is 3.36. The highest BCUT2D eigenvalue weighted by Crippen LogP contribution is 2.23. The fourth-order valence-corrected chi connectivity index (χ4v) is 2.39. The molecule has 3 aromatic carbocycles. The molecule has 0 aromatic heterocycles. The Kier molecular flexibility index (Phi) is 3.78. The normalized spacial score (nSPS) is 10.6. The minimum atomic E-state index is 0.867. The molecule has 105 valence electrons. The monoisotopic (exact) mass is 277 g/mol. The lowest BCUT2D eigenvalue weighted by Crippen LogP contribution is -1.90. The third-order valence-electron chi connectivity index (χ3n) is 3.57. The molecule has 0 heterocycles. The molecule has 2 heteroatoms. The van der Waals surface area contributed by atoms with Gasteiger partial charge in [0.2, 0.25) is 0 Å². The third-order valence-corrected chi connectivity index (χ3v) is 3.57. The van der Waals surface area contributed by atoms with Crippen molar-refractivity contribution in [2.24, 2.45) is 0 Å². The Morgan fingerprint density at radius 1 is 0.810 bits per heavy atom. The van der Waals surface area contributed by atoms with Crippen LogP contribution in [-0.4, -0.2) is 14.2 Å². The maximum Gasteiger partial charge on any atom is 0.119 e. The maximum atomic E-state index is 5.24. The average molecular weight is 277 g/mol. The number of methoxy groups -OCH3 is 2. The van der Waals surface area contributed by atoms with E-state index in [9.17, 15) is 0 Å². The van der Waals surface area contributed by atoms with Crippen LogP contribution >= 0.6 is 0 Å². The van der Waals surface area contributed by atoms with E-state index in [2.05, 4.69) is 30.3 Å². The van der Waals surface area contributed by atoms with Gasteiger partial charge >= 0.3 is 0 Å². The molecule has 0 unspecified atom stereocenters. The van der Waals surface area contributed by atoms with Crippen molar-refractivity contribution in [2.75, 3.05) is 14.2 Å². The summed E-state index contributed by atoms with van der Waals surface area (Å²) in [6, 6.07) is 21.9. The van der Waals surface area contributed by atoms with Crippen LogP contribution in [0.2, 0.25) is 0 Å². The van der Waals surface area contributed by atoms with Gasteiger partial charge in [-0.05, 0) is 58.7 Å². The van der Waals surface area contributed by atoms with E-state index < -0.39 is 0 Å².